The first-order valence-corrected chi connectivity index (χ1v) is 5.39. The highest BCUT2D eigenvalue weighted by atomic mass is 35.5. The van der Waals surface area contributed by atoms with E-state index in [1.165, 1.54) is 4.90 Å². The monoisotopic (exact) mass is 246 g/mol. The fraction of sp³-hybridized carbons (Fsp3) is 0.600. The number of aromatic nitrogens is 1. The first-order chi connectivity index (χ1) is 7.56. The first kappa shape index (κ1) is 13.0. The zero-order valence-corrected chi connectivity index (χ0v) is 10.1. The van der Waals surface area contributed by atoms with Crippen molar-refractivity contribution < 1.29 is 14.4 Å². The minimum absolute atomic E-state index is 0.0325. The lowest BCUT2D eigenvalue weighted by Crippen LogP contribution is -2.29. The molecule has 0 fully saturated rings. The van der Waals surface area contributed by atoms with Gasteiger partial charge in [-0.3, -0.25) is 4.79 Å². The molecule has 1 heterocycles. The summed E-state index contributed by atoms with van der Waals surface area (Å²) < 4.78 is 4.79. The molecule has 1 N–H and O–H groups in total. The second-order valence-electron chi connectivity index (χ2n) is 3.56. The highest BCUT2D eigenvalue weighted by Crippen LogP contribution is 2.20. The van der Waals surface area contributed by atoms with Gasteiger partial charge in [0.2, 0.25) is 11.1 Å². The van der Waals surface area contributed by atoms with Gasteiger partial charge in [0.1, 0.15) is 0 Å². The van der Waals surface area contributed by atoms with Crippen molar-refractivity contribution in [1.82, 2.24) is 10.1 Å². The van der Waals surface area contributed by atoms with Crippen molar-refractivity contribution in [2.75, 3.05) is 20.2 Å². The van der Waals surface area contributed by atoms with Gasteiger partial charge in [0.05, 0.1) is 12.3 Å². The van der Waals surface area contributed by atoms with Gasteiger partial charge >= 0.3 is 0 Å². The van der Waals surface area contributed by atoms with Crippen LogP contribution in [0.25, 0.3) is 0 Å². The molecule has 1 amide bonds. The SMILES string of the molecule is Cc1noc(Cl)c1CCC(=O)N(C)CCO. The first-order valence-electron chi connectivity index (χ1n) is 5.01. The van der Waals surface area contributed by atoms with Crippen LogP contribution in [0.5, 0.6) is 0 Å². The second kappa shape index (κ2) is 5.86. The molecule has 0 saturated carbocycles. The number of aliphatic hydroxyl groups is 1. The minimum Gasteiger partial charge on any atom is -0.395 e. The summed E-state index contributed by atoms with van der Waals surface area (Å²) in [7, 11) is 1.65. The summed E-state index contributed by atoms with van der Waals surface area (Å²) in [6.45, 7) is 2.09. The van der Waals surface area contributed by atoms with Crippen LogP contribution in [-0.4, -0.2) is 41.3 Å². The Labute approximate surface area is 99.0 Å². The molecule has 5 nitrogen and oxygen atoms in total. The topological polar surface area (TPSA) is 66.6 Å². The van der Waals surface area contributed by atoms with Crippen molar-refractivity contribution in [3.63, 3.8) is 0 Å². The molecule has 1 aromatic heterocycles. The Bertz CT molecular complexity index is 345. The highest BCUT2D eigenvalue weighted by molar-refractivity contribution is 6.29. The normalized spacial score (nSPS) is 10.5. The fourth-order valence-electron chi connectivity index (χ4n) is 1.34. The van der Waals surface area contributed by atoms with E-state index in [0.29, 0.717) is 25.1 Å². The number of carbonyl (C=O) groups excluding carboxylic acids is 1. The van der Waals surface area contributed by atoms with Crippen LogP contribution in [0.3, 0.4) is 0 Å². The average Bonchev–Trinajstić information content (AvgIpc) is 2.56. The maximum atomic E-state index is 11.6. The molecule has 0 aliphatic rings. The molecule has 0 aromatic carbocycles. The van der Waals surface area contributed by atoms with Gasteiger partial charge in [0, 0.05) is 25.6 Å². The van der Waals surface area contributed by atoms with Gasteiger partial charge in [-0.15, -0.1) is 0 Å². The van der Waals surface area contributed by atoms with Gasteiger partial charge < -0.3 is 14.5 Å². The number of amides is 1. The van der Waals surface area contributed by atoms with Crippen LogP contribution in [0.1, 0.15) is 17.7 Å². The Hall–Kier alpha value is -1.07. The highest BCUT2D eigenvalue weighted by Gasteiger charge is 2.14. The summed E-state index contributed by atoms with van der Waals surface area (Å²) in [5.74, 6) is -0.0364. The van der Waals surface area contributed by atoms with Crippen molar-refractivity contribution in [2.45, 2.75) is 19.8 Å². The van der Waals surface area contributed by atoms with E-state index >= 15 is 0 Å². The Morgan fingerprint density at radius 1 is 1.62 bits per heavy atom. The molecule has 0 radical (unpaired) electrons. The van der Waals surface area contributed by atoms with Crippen molar-refractivity contribution in [3.05, 3.63) is 16.5 Å². The minimum atomic E-state index is -0.0364. The van der Waals surface area contributed by atoms with Crippen molar-refractivity contribution in [3.8, 4) is 0 Å². The number of nitrogens with zero attached hydrogens (tertiary/aromatic N) is 2. The molecule has 90 valence electrons. The number of halogens is 1. The molecule has 0 atom stereocenters. The van der Waals surface area contributed by atoms with E-state index in [4.69, 9.17) is 21.2 Å². The third kappa shape index (κ3) is 3.21. The van der Waals surface area contributed by atoms with E-state index in [1.807, 2.05) is 0 Å². The largest absolute Gasteiger partial charge is 0.395 e. The van der Waals surface area contributed by atoms with E-state index in [1.54, 1.807) is 14.0 Å². The van der Waals surface area contributed by atoms with Gasteiger partial charge in [-0.25, -0.2) is 0 Å². The van der Waals surface area contributed by atoms with Crippen LogP contribution in [-0.2, 0) is 11.2 Å². The van der Waals surface area contributed by atoms with Gasteiger partial charge in [-0.1, -0.05) is 5.16 Å². The summed E-state index contributed by atoms with van der Waals surface area (Å²) in [5.41, 5.74) is 1.48. The predicted octanol–water partition coefficient (Wildman–Crippen LogP) is 1.02. The van der Waals surface area contributed by atoms with Crippen molar-refractivity contribution in [1.29, 1.82) is 0 Å². The smallest absolute Gasteiger partial charge is 0.229 e. The lowest BCUT2D eigenvalue weighted by molar-refractivity contribution is -0.130. The molecule has 0 aliphatic heterocycles. The Balaban J connectivity index is 2.49. The van der Waals surface area contributed by atoms with Crippen LogP contribution >= 0.6 is 11.6 Å². The number of carbonyl (C=O) groups is 1. The van der Waals surface area contributed by atoms with Crippen LogP contribution < -0.4 is 0 Å². The standard InChI is InChI=1S/C10H15ClN2O3/c1-7-8(10(11)16-12-7)3-4-9(15)13(2)5-6-14/h14H,3-6H2,1-2H3. The van der Waals surface area contributed by atoms with E-state index in [2.05, 4.69) is 5.16 Å². The Morgan fingerprint density at radius 2 is 2.31 bits per heavy atom. The van der Waals surface area contributed by atoms with Crippen molar-refractivity contribution >= 4 is 17.5 Å². The molecule has 16 heavy (non-hydrogen) atoms. The summed E-state index contributed by atoms with van der Waals surface area (Å²) in [5, 5.41) is 12.6. The average molecular weight is 247 g/mol. The molecule has 1 aromatic rings. The molecule has 6 heteroatoms. The van der Waals surface area contributed by atoms with Gasteiger partial charge in [-0.05, 0) is 24.9 Å². The van der Waals surface area contributed by atoms with Gasteiger partial charge in [0.15, 0.2) is 0 Å². The maximum absolute atomic E-state index is 11.6. The molecule has 0 bridgehead atoms. The predicted molar refractivity (Wildman–Crippen MR) is 59.3 cm³/mol. The molecule has 0 aliphatic carbocycles. The number of hydrogen-bond donors (Lipinski definition) is 1. The number of rotatable bonds is 5. The number of aliphatic hydroxyl groups excluding tert-OH is 1. The summed E-state index contributed by atoms with van der Waals surface area (Å²) in [6, 6.07) is 0. The summed E-state index contributed by atoms with van der Waals surface area (Å²) >= 11 is 5.78. The molecular weight excluding hydrogens is 232 g/mol. The Kier molecular flexibility index (Phi) is 4.76. The molecular formula is C10H15ClN2O3. The third-order valence-electron chi connectivity index (χ3n) is 2.39. The number of likely N-dealkylation sites (N-methyl/N-ethyl adjacent to an activating group) is 1. The number of aryl methyl sites for hydroxylation is 1. The molecule has 0 unspecified atom stereocenters. The Morgan fingerprint density at radius 3 is 2.81 bits per heavy atom. The molecule has 0 saturated heterocycles. The maximum Gasteiger partial charge on any atom is 0.229 e. The quantitative estimate of drug-likeness (QED) is 0.842. The van der Waals surface area contributed by atoms with Gasteiger partial charge in [0.25, 0.3) is 0 Å². The van der Waals surface area contributed by atoms with Crippen LogP contribution in [0.15, 0.2) is 4.52 Å². The van der Waals surface area contributed by atoms with Crippen LogP contribution in [0.2, 0.25) is 5.22 Å². The van der Waals surface area contributed by atoms with Crippen LogP contribution in [0, 0.1) is 6.92 Å². The lowest BCUT2D eigenvalue weighted by atomic mass is 10.1. The van der Waals surface area contributed by atoms with Crippen molar-refractivity contribution in [2.24, 2.45) is 0 Å². The van der Waals surface area contributed by atoms with Crippen LogP contribution in [0.4, 0.5) is 0 Å². The van der Waals surface area contributed by atoms with E-state index in [-0.39, 0.29) is 17.7 Å². The molecule has 0 spiro atoms. The number of hydrogen-bond acceptors (Lipinski definition) is 4. The van der Waals surface area contributed by atoms with E-state index in [0.717, 1.165) is 5.56 Å². The fourth-order valence-corrected chi connectivity index (χ4v) is 1.60. The molecule has 1 rings (SSSR count). The zero-order chi connectivity index (χ0) is 12.1. The van der Waals surface area contributed by atoms with E-state index in [9.17, 15) is 4.79 Å². The van der Waals surface area contributed by atoms with E-state index < -0.39 is 0 Å². The second-order valence-corrected chi connectivity index (χ2v) is 3.90. The van der Waals surface area contributed by atoms with Gasteiger partial charge in [-0.2, -0.15) is 0 Å². The summed E-state index contributed by atoms with van der Waals surface area (Å²) in [4.78, 5) is 13.1. The third-order valence-corrected chi connectivity index (χ3v) is 2.68. The summed E-state index contributed by atoms with van der Waals surface area (Å²) in [6.07, 6.45) is 0.834. The lowest BCUT2D eigenvalue weighted by Gasteiger charge is -2.15. The zero-order valence-electron chi connectivity index (χ0n) is 9.36.